The van der Waals surface area contributed by atoms with Crippen molar-refractivity contribution in [2.75, 3.05) is 6.61 Å². The van der Waals surface area contributed by atoms with Crippen molar-refractivity contribution in [2.45, 2.75) is 19.1 Å². The number of Topliss-reactive ketones (excluding diaryl/α,β-unsaturated/α-hetero) is 1. The first-order valence-electron chi connectivity index (χ1n) is 4.83. The molecular formula is C10H12BrNO4S. The topological polar surface area (TPSA) is 86.6 Å². The molecule has 3 N–H and O–H groups in total. The monoisotopic (exact) mass is 321 g/mol. The van der Waals surface area contributed by atoms with Crippen LogP contribution in [0.2, 0.25) is 0 Å². The number of nitrogens with one attached hydrogen (secondary N) is 1. The fourth-order valence-electron chi connectivity index (χ4n) is 1.22. The molecule has 1 aromatic rings. The Morgan fingerprint density at radius 2 is 2.18 bits per heavy atom. The third-order valence-corrected chi connectivity index (χ3v) is 3.69. The number of carbonyl (C=O) groups is 2. The zero-order valence-corrected chi connectivity index (χ0v) is 11.4. The number of halogens is 1. The Morgan fingerprint density at radius 3 is 2.59 bits per heavy atom. The summed E-state index contributed by atoms with van der Waals surface area (Å²) in [5, 5.41) is 20.5. The van der Waals surface area contributed by atoms with Crippen molar-refractivity contribution in [2.24, 2.45) is 0 Å². The summed E-state index contributed by atoms with van der Waals surface area (Å²) in [6, 6.07) is 2.23. The average Bonchev–Trinajstić information content (AvgIpc) is 2.71. The molecule has 17 heavy (non-hydrogen) atoms. The summed E-state index contributed by atoms with van der Waals surface area (Å²) in [6.07, 6.45) is -1.05. The highest BCUT2D eigenvalue weighted by atomic mass is 79.9. The lowest BCUT2D eigenvalue weighted by atomic mass is 10.1. The fraction of sp³-hybridized carbons (Fsp3) is 0.400. The third-order valence-electron chi connectivity index (χ3n) is 2.07. The first kappa shape index (κ1) is 14.3. The molecule has 0 aliphatic rings. The number of thiophene rings is 1. The Hall–Kier alpha value is -0.760. The molecule has 0 spiro atoms. The van der Waals surface area contributed by atoms with E-state index in [-0.39, 0.29) is 0 Å². The number of carbonyl (C=O) groups excluding carboxylic acids is 2. The van der Waals surface area contributed by atoms with E-state index in [0.29, 0.717) is 4.88 Å². The quantitative estimate of drug-likeness (QED) is 0.739. The summed E-state index contributed by atoms with van der Waals surface area (Å²) in [5.74, 6) is -1.07. The van der Waals surface area contributed by atoms with Gasteiger partial charge in [0.25, 0.3) is 5.91 Å². The number of aliphatic hydroxyl groups excluding tert-OH is 2. The van der Waals surface area contributed by atoms with E-state index in [0.717, 1.165) is 3.79 Å². The second kappa shape index (κ2) is 6.25. The van der Waals surface area contributed by atoms with Gasteiger partial charge in [-0.15, -0.1) is 11.3 Å². The number of ketones is 1. The molecule has 0 aliphatic heterocycles. The smallest absolute Gasteiger partial charge is 0.262 e. The van der Waals surface area contributed by atoms with E-state index in [1.165, 1.54) is 18.3 Å². The average molecular weight is 322 g/mol. The number of aliphatic hydroxyl groups is 2. The lowest BCUT2D eigenvalue weighted by Gasteiger charge is -2.18. The maximum atomic E-state index is 11.7. The van der Waals surface area contributed by atoms with Crippen LogP contribution in [0.15, 0.2) is 15.9 Å². The molecule has 0 aliphatic carbocycles. The Morgan fingerprint density at radius 1 is 1.53 bits per heavy atom. The minimum absolute atomic E-state index is 0.424. The van der Waals surface area contributed by atoms with Crippen molar-refractivity contribution in [1.82, 2.24) is 5.32 Å². The van der Waals surface area contributed by atoms with E-state index < -0.39 is 30.4 Å². The molecule has 0 unspecified atom stereocenters. The van der Waals surface area contributed by atoms with E-state index in [2.05, 4.69) is 21.2 Å². The molecule has 0 aromatic carbocycles. The summed E-state index contributed by atoms with van der Waals surface area (Å²) < 4.78 is 0.796. The van der Waals surface area contributed by atoms with Crippen LogP contribution in [0.1, 0.15) is 16.6 Å². The Labute approximate surface area is 111 Å². The first-order chi connectivity index (χ1) is 7.95. The van der Waals surface area contributed by atoms with Crippen LogP contribution in [0.3, 0.4) is 0 Å². The van der Waals surface area contributed by atoms with E-state index in [4.69, 9.17) is 5.11 Å². The predicted octanol–water partition coefficient (Wildman–Crippen LogP) is 0.551. The van der Waals surface area contributed by atoms with Gasteiger partial charge in [0.05, 0.1) is 14.8 Å². The standard InChI is InChI=1S/C10H12BrNO4S/c1-5(14)9(6(15)4-13)12-10(16)7-2-3-8(11)17-7/h2-3,5,9,13-14H,4H2,1H3,(H,12,16)/t5-,9+/m1/s1. The molecule has 0 saturated heterocycles. The maximum absolute atomic E-state index is 11.7. The molecule has 2 atom stereocenters. The molecule has 1 aromatic heterocycles. The van der Waals surface area contributed by atoms with Crippen molar-refractivity contribution < 1.29 is 19.8 Å². The Bertz CT molecular complexity index is 418. The van der Waals surface area contributed by atoms with Gasteiger partial charge in [0.2, 0.25) is 0 Å². The molecule has 5 nitrogen and oxygen atoms in total. The molecule has 1 heterocycles. The first-order valence-corrected chi connectivity index (χ1v) is 6.44. The molecular weight excluding hydrogens is 310 g/mol. The summed E-state index contributed by atoms with van der Waals surface area (Å²) in [4.78, 5) is 23.4. The zero-order valence-electron chi connectivity index (χ0n) is 9.01. The second-order valence-corrected chi connectivity index (χ2v) is 5.88. The summed E-state index contributed by atoms with van der Waals surface area (Å²) >= 11 is 4.44. The van der Waals surface area contributed by atoms with Crippen LogP contribution in [0.25, 0.3) is 0 Å². The van der Waals surface area contributed by atoms with E-state index in [9.17, 15) is 14.7 Å². The zero-order chi connectivity index (χ0) is 13.0. The van der Waals surface area contributed by atoms with Crippen molar-refractivity contribution in [1.29, 1.82) is 0 Å². The van der Waals surface area contributed by atoms with E-state index in [1.807, 2.05) is 0 Å². The van der Waals surface area contributed by atoms with Crippen LogP contribution in [0.4, 0.5) is 0 Å². The van der Waals surface area contributed by atoms with Gasteiger partial charge < -0.3 is 15.5 Å². The molecule has 0 bridgehead atoms. The molecule has 7 heteroatoms. The Balaban J connectivity index is 2.74. The number of rotatable bonds is 5. The van der Waals surface area contributed by atoms with Crippen LogP contribution in [0, 0.1) is 0 Å². The van der Waals surface area contributed by atoms with Gasteiger partial charge in [-0.05, 0) is 35.0 Å². The van der Waals surface area contributed by atoms with Crippen LogP contribution < -0.4 is 5.32 Å². The number of hydrogen-bond acceptors (Lipinski definition) is 5. The van der Waals surface area contributed by atoms with Crippen LogP contribution in [-0.2, 0) is 4.79 Å². The van der Waals surface area contributed by atoms with Crippen molar-refractivity contribution in [3.05, 3.63) is 20.8 Å². The Kier molecular flexibility index (Phi) is 5.26. The van der Waals surface area contributed by atoms with Crippen LogP contribution in [-0.4, -0.2) is 40.7 Å². The van der Waals surface area contributed by atoms with Gasteiger partial charge >= 0.3 is 0 Å². The summed E-state index contributed by atoms with van der Waals surface area (Å²) in [5.41, 5.74) is 0. The third kappa shape index (κ3) is 3.88. The molecule has 1 amide bonds. The van der Waals surface area contributed by atoms with Gasteiger partial charge in [-0.1, -0.05) is 0 Å². The number of amides is 1. The largest absolute Gasteiger partial charge is 0.391 e. The van der Waals surface area contributed by atoms with Gasteiger partial charge in [-0.2, -0.15) is 0 Å². The highest BCUT2D eigenvalue weighted by molar-refractivity contribution is 9.11. The minimum Gasteiger partial charge on any atom is -0.391 e. The predicted molar refractivity (Wildman–Crippen MR) is 67.0 cm³/mol. The second-order valence-electron chi connectivity index (χ2n) is 3.42. The van der Waals surface area contributed by atoms with E-state index >= 15 is 0 Å². The summed E-state index contributed by atoms with van der Waals surface area (Å²) in [6.45, 7) is 0.660. The fourth-order valence-corrected chi connectivity index (χ4v) is 2.51. The molecule has 94 valence electrons. The lowest BCUT2D eigenvalue weighted by molar-refractivity contribution is -0.125. The molecule has 0 fully saturated rings. The van der Waals surface area contributed by atoms with Crippen molar-refractivity contribution in [3.8, 4) is 0 Å². The maximum Gasteiger partial charge on any atom is 0.262 e. The van der Waals surface area contributed by atoms with E-state index in [1.54, 1.807) is 12.1 Å². The number of hydrogen-bond donors (Lipinski definition) is 3. The molecule has 1 rings (SSSR count). The van der Waals surface area contributed by atoms with Gasteiger partial charge in [0.15, 0.2) is 5.78 Å². The SMILES string of the molecule is C[C@@H](O)[C@H](NC(=O)c1ccc(Br)s1)C(=O)CO. The molecule has 0 saturated carbocycles. The molecule has 0 radical (unpaired) electrons. The van der Waals surface area contributed by atoms with Gasteiger partial charge in [0.1, 0.15) is 12.6 Å². The van der Waals surface area contributed by atoms with Gasteiger partial charge in [-0.3, -0.25) is 9.59 Å². The van der Waals surface area contributed by atoms with Crippen molar-refractivity contribution >= 4 is 39.0 Å². The minimum atomic E-state index is -1.09. The van der Waals surface area contributed by atoms with Crippen LogP contribution >= 0.6 is 27.3 Å². The highest BCUT2D eigenvalue weighted by Crippen LogP contribution is 2.22. The van der Waals surface area contributed by atoms with Gasteiger partial charge in [0, 0.05) is 0 Å². The lowest BCUT2D eigenvalue weighted by Crippen LogP contribution is -2.48. The van der Waals surface area contributed by atoms with Gasteiger partial charge in [-0.25, -0.2) is 0 Å². The van der Waals surface area contributed by atoms with Crippen LogP contribution in [0.5, 0.6) is 0 Å². The van der Waals surface area contributed by atoms with Crippen molar-refractivity contribution in [3.63, 3.8) is 0 Å². The normalized spacial score (nSPS) is 14.1. The summed E-state index contributed by atoms with van der Waals surface area (Å²) in [7, 11) is 0. The highest BCUT2D eigenvalue weighted by Gasteiger charge is 2.25.